The van der Waals surface area contributed by atoms with Gasteiger partial charge in [-0.3, -0.25) is 0 Å². The maximum Gasteiger partial charge on any atom is 0.391 e. The van der Waals surface area contributed by atoms with Gasteiger partial charge in [-0.1, -0.05) is 26.7 Å². The van der Waals surface area contributed by atoms with Gasteiger partial charge in [-0.25, -0.2) is 0 Å². The van der Waals surface area contributed by atoms with Crippen molar-refractivity contribution in [1.82, 2.24) is 0 Å². The molecule has 1 aliphatic carbocycles. The Morgan fingerprint density at radius 2 is 1.31 bits per heavy atom. The van der Waals surface area contributed by atoms with Crippen LogP contribution < -0.4 is 0 Å². The van der Waals surface area contributed by atoms with E-state index in [1.165, 1.54) is 0 Å². The second kappa shape index (κ2) is 3.89. The summed E-state index contributed by atoms with van der Waals surface area (Å²) >= 11 is 0. The fourth-order valence-electron chi connectivity index (χ4n) is 2.14. The van der Waals surface area contributed by atoms with Crippen molar-refractivity contribution >= 4 is 0 Å². The molecule has 0 nitrogen and oxygen atoms in total. The molecule has 0 amide bonds. The van der Waals surface area contributed by atoms with Crippen LogP contribution in [-0.4, -0.2) is 6.18 Å². The Hall–Kier alpha value is -0.210. The van der Waals surface area contributed by atoms with Crippen LogP contribution in [0.1, 0.15) is 39.5 Å². The van der Waals surface area contributed by atoms with E-state index in [9.17, 15) is 13.2 Å². The number of hydrogen-bond acceptors (Lipinski definition) is 0. The van der Waals surface area contributed by atoms with Gasteiger partial charge in [-0.2, -0.15) is 13.2 Å². The SMILES string of the molecule is CC1CCC(C)CC(C(F)(F)F)C1. The fourth-order valence-corrected chi connectivity index (χ4v) is 2.14. The first-order valence-electron chi connectivity index (χ1n) is 4.96. The van der Waals surface area contributed by atoms with Crippen LogP contribution in [0.4, 0.5) is 13.2 Å². The molecule has 1 rings (SSSR count). The van der Waals surface area contributed by atoms with E-state index in [2.05, 4.69) is 0 Å². The monoisotopic (exact) mass is 194 g/mol. The standard InChI is InChI=1S/C10H17F3/c1-7-3-4-8(2)6-9(5-7)10(11,12)13/h7-9H,3-6H2,1-2H3. The van der Waals surface area contributed by atoms with Crippen molar-refractivity contribution in [2.45, 2.75) is 45.7 Å². The molecule has 0 aromatic heterocycles. The number of rotatable bonds is 0. The largest absolute Gasteiger partial charge is 0.391 e. The van der Waals surface area contributed by atoms with Gasteiger partial charge < -0.3 is 0 Å². The minimum absolute atomic E-state index is 0.233. The topological polar surface area (TPSA) is 0 Å². The third-order valence-electron chi connectivity index (χ3n) is 2.99. The summed E-state index contributed by atoms with van der Waals surface area (Å²) in [6, 6.07) is 0. The summed E-state index contributed by atoms with van der Waals surface area (Å²) in [5.41, 5.74) is 0. The molecule has 3 heteroatoms. The number of hydrogen-bond donors (Lipinski definition) is 0. The molecule has 2 atom stereocenters. The van der Waals surface area contributed by atoms with E-state index in [1.54, 1.807) is 0 Å². The van der Waals surface area contributed by atoms with E-state index >= 15 is 0 Å². The molecule has 1 saturated carbocycles. The molecule has 0 radical (unpaired) electrons. The van der Waals surface area contributed by atoms with E-state index in [4.69, 9.17) is 0 Å². The van der Waals surface area contributed by atoms with Gasteiger partial charge >= 0.3 is 6.18 Å². The molecule has 0 bridgehead atoms. The van der Waals surface area contributed by atoms with Crippen LogP contribution in [0.15, 0.2) is 0 Å². The van der Waals surface area contributed by atoms with Gasteiger partial charge in [-0.15, -0.1) is 0 Å². The zero-order chi connectivity index (χ0) is 10.1. The fraction of sp³-hybridized carbons (Fsp3) is 1.00. The van der Waals surface area contributed by atoms with Gasteiger partial charge in [-0.05, 0) is 24.7 Å². The van der Waals surface area contributed by atoms with Crippen molar-refractivity contribution in [3.05, 3.63) is 0 Å². The molecular weight excluding hydrogens is 177 g/mol. The molecule has 0 aromatic carbocycles. The highest BCUT2D eigenvalue weighted by atomic mass is 19.4. The molecular formula is C10H17F3. The lowest BCUT2D eigenvalue weighted by molar-refractivity contribution is -0.181. The Balaban J connectivity index is 2.62. The zero-order valence-corrected chi connectivity index (χ0v) is 8.19. The molecule has 0 heterocycles. The lowest BCUT2D eigenvalue weighted by Crippen LogP contribution is -2.24. The Bertz CT molecular complexity index is 150. The van der Waals surface area contributed by atoms with Gasteiger partial charge in [0.15, 0.2) is 0 Å². The average molecular weight is 194 g/mol. The first kappa shape index (κ1) is 10.9. The molecule has 78 valence electrons. The maximum absolute atomic E-state index is 12.5. The highest BCUT2D eigenvalue weighted by Gasteiger charge is 2.41. The molecule has 0 spiro atoms. The normalized spacial score (nSPS) is 37.2. The lowest BCUT2D eigenvalue weighted by Gasteiger charge is -2.21. The molecule has 1 aliphatic rings. The summed E-state index contributed by atoms with van der Waals surface area (Å²) < 4.78 is 37.4. The molecule has 1 fully saturated rings. The third-order valence-corrected chi connectivity index (χ3v) is 2.99. The molecule has 0 saturated heterocycles. The quantitative estimate of drug-likeness (QED) is 0.511. The minimum Gasteiger partial charge on any atom is -0.171 e. The van der Waals surface area contributed by atoms with Crippen LogP contribution in [0.3, 0.4) is 0 Å². The van der Waals surface area contributed by atoms with E-state index < -0.39 is 12.1 Å². The second-order valence-corrected chi connectivity index (χ2v) is 4.50. The average Bonchev–Trinajstić information content (AvgIpc) is 2.12. The van der Waals surface area contributed by atoms with Crippen LogP contribution in [0, 0.1) is 17.8 Å². The van der Waals surface area contributed by atoms with Gasteiger partial charge in [0.05, 0.1) is 5.92 Å². The van der Waals surface area contributed by atoms with Gasteiger partial charge in [0.2, 0.25) is 0 Å². The first-order valence-corrected chi connectivity index (χ1v) is 4.96. The molecule has 0 aromatic rings. The van der Waals surface area contributed by atoms with Crippen molar-refractivity contribution in [2.24, 2.45) is 17.8 Å². The summed E-state index contributed by atoms with van der Waals surface area (Å²) in [6.07, 6.45) is -1.42. The van der Waals surface area contributed by atoms with Gasteiger partial charge in [0.25, 0.3) is 0 Å². The lowest BCUT2D eigenvalue weighted by atomic mass is 9.92. The summed E-state index contributed by atoms with van der Waals surface area (Å²) in [4.78, 5) is 0. The summed E-state index contributed by atoms with van der Waals surface area (Å²) in [5, 5.41) is 0. The molecule has 2 unspecified atom stereocenters. The van der Waals surface area contributed by atoms with Crippen molar-refractivity contribution in [3.63, 3.8) is 0 Å². The summed E-state index contributed by atoms with van der Waals surface area (Å²) in [5.74, 6) is -0.590. The van der Waals surface area contributed by atoms with Crippen molar-refractivity contribution in [3.8, 4) is 0 Å². The van der Waals surface area contributed by atoms with Gasteiger partial charge in [0.1, 0.15) is 0 Å². The van der Waals surface area contributed by atoms with Crippen LogP contribution in [0.5, 0.6) is 0 Å². The molecule has 13 heavy (non-hydrogen) atoms. The van der Waals surface area contributed by atoms with Crippen molar-refractivity contribution in [1.29, 1.82) is 0 Å². The Kier molecular flexibility index (Phi) is 3.25. The van der Waals surface area contributed by atoms with Crippen LogP contribution >= 0.6 is 0 Å². The zero-order valence-electron chi connectivity index (χ0n) is 8.19. The van der Waals surface area contributed by atoms with E-state index in [0.29, 0.717) is 12.8 Å². The van der Waals surface area contributed by atoms with Crippen molar-refractivity contribution < 1.29 is 13.2 Å². The smallest absolute Gasteiger partial charge is 0.171 e. The van der Waals surface area contributed by atoms with Crippen LogP contribution in [0.2, 0.25) is 0 Å². The van der Waals surface area contributed by atoms with E-state index in [-0.39, 0.29) is 11.8 Å². The van der Waals surface area contributed by atoms with E-state index in [1.807, 2.05) is 13.8 Å². The van der Waals surface area contributed by atoms with Crippen LogP contribution in [0.25, 0.3) is 0 Å². The minimum atomic E-state index is -3.98. The Labute approximate surface area is 77.5 Å². The third kappa shape index (κ3) is 3.20. The highest BCUT2D eigenvalue weighted by molar-refractivity contribution is 4.77. The summed E-state index contributed by atoms with van der Waals surface area (Å²) in [7, 11) is 0. The Morgan fingerprint density at radius 3 is 1.62 bits per heavy atom. The Morgan fingerprint density at radius 1 is 0.923 bits per heavy atom. The molecule has 0 aliphatic heterocycles. The molecule has 0 N–H and O–H groups in total. The predicted molar refractivity (Wildman–Crippen MR) is 46.3 cm³/mol. The predicted octanol–water partition coefficient (Wildman–Crippen LogP) is 4.01. The van der Waals surface area contributed by atoms with Gasteiger partial charge in [0, 0.05) is 0 Å². The maximum atomic E-state index is 12.5. The van der Waals surface area contributed by atoms with Crippen LogP contribution in [-0.2, 0) is 0 Å². The van der Waals surface area contributed by atoms with E-state index in [0.717, 1.165) is 12.8 Å². The first-order chi connectivity index (χ1) is 5.89. The highest BCUT2D eigenvalue weighted by Crippen LogP contribution is 2.40. The number of alkyl halides is 3. The summed E-state index contributed by atoms with van der Waals surface area (Å²) in [6.45, 7) is 3.85. The second-order valence-electron chi connectivity index (χ2n) is 4.50. The van der Waals surface area contributed by atoms with Crippen molar-refractivity contribution in [2.75, 3.05) is 0 Å². The number of halogens is 3.